The second-order valence-corrected chi connectivity index (χ2v) is 8.12. The lowest BCUT2D eigenvalue weighted by atomic mass is 9.89. The van der Waals surface area contributed by atoms with Crippen LogP contribution in [0.1, 0.15) is 32.4 Å². The molecule has 1 N–H and O–H groups in total. The summed E-state index contributed by atoms with van der Waals surface area (Å²) in [6, 6.07) is 17.0. The molecule has 0 bridgehead atoms. The largest absolute Gasteiger partial charge is 0.338 e. The molecule has 0 unspecified atom stereocenters. The van der Waals surface area contributed by atoms with Gasteiger partial charge in [-0.2, -0.15) is 0 Å². The highest BCUT2D eigenvalue weighted by Gasteiger charge is 2.41. The summed E-state index contributed by atoms with van der Waals surface area (Å²) >= 11 is 0. The van der Waals surface area contributed by atoms with Crippen LogP contribution in [0, 0.1) is 18.8 Å². The third-order valence-electron chi connectivity index (χ3n) is 6.16. The number of carbonyl (C=O) groups is 2. The molecule has 1 fully saturated rings. The molecule has 2 amide bonds. The van der Waals surface area contributed by atoms with E-state index in [0.717, 1.165) is 35.6 Å². The Morgan fingerprint density at radius 3 is 2.47 bits per heavy atom. The number of nitrogens with one attached hydrogen (secondary N) is 1. The lowest BCUT2D eigenvalue weighted by Gasteiger charge is -2.25. The van der Waals surface area contributed by atoms with E-state index in [2.05, 4.69) is 15.5 Å². The van der Waals surface area contributed by atoms with E-state index in [9.17, 15) is 9.59 Å². The Kier molecular flexibility index (Phi) is 4.58. The molecule has 0 radical (unpaired) electrons. The minimum atomic E-state index is -0.260. The van der Waals surface area contributed by atoms with Gasteiger partial charge >= 0.3 is 0 Å². The highest BCUT2D eigenvalue weighted by molar-refractivity contribution is 6.01. The lowest BCUT2D eigenvalue weighted by molar-refractivity contribution is 0.0782. The van der Waals surface area contributed by atoms with Crippen molar-refractivity contribution in [1.29, 1.82) is 0 Å². The molecule has 0 aliphatic carbocycles. The topological polar surface area (TPSA) is 80.1 Å². The van der Waals surface area contributed by atoms with Crippen LogP contribution in [0.25, 0.3) is 0 Å². The number of para-hydroxylation sites is 1. The van der Waals surface area contributed by atoms with Crippen LogP contribution < -0.4 is 5.32 Å². The summed E-state index contributed by atoms with van der Waals surface area (Å²) in [5.74, 6) is 1.62. The van der Waals surface area contributed by atoms with E-state index >= 15 is 0 Å². The molecule has 30 heavy (non-hydrogen) atoms. The first kappa shape index (κ1) is 18.5. The van der Waals surface area contributed by atoms with Crippen LogP contribution in [0.4, 0.5) is 5.69 Å². The molecule has 2 atom stereocenters. The number of likely N-dealkylation sites (tertiary alicyclic amines) is 1. The van der Waals surface area contributed by atoms with Crippen LogP contribution in [-0.2, 0) is 13.0 Å². The molecule has 152 valence electrons. The highest BCUT2D eigenvalue weighted by Crippen LogP contribution is 2.33. The van der Waals surface area contributed by atoms with E-state index < -0.39 is 0 Å². The zero-order valence-corrected chi connectivity index (χ0v) is 16.8. The van der Waals surface area contributed by atoms with Gasteiger partial charge in [0.25, 0.3) is 11.8 Å². The van der Waals surface area contributed by atoms with E-state index in [4.69, 9.17) is 0 Å². The van der Waals surface area contributed by atoms with Gasteiger partial charge in [-0.1, -0.05) is 36.4 Å². The molecular weight excluding hydrogens is 378 g/mol. The summed E-state index contributed by atoms with van der Waals surface area (Å²) < 4.78 is 1.92. The predicted octanol–water partition coefficient (Wildman–Crippen LogP) is 2.78. The van der Waals surface area contributed by atoms with E-state index in [0.29, 0.717) is 30.7 Å². The summed E-state index contributed by atoms with van der Waals surface area (Å²) in [6.07, 6.45) is 0.730. The van der Waals surface area contributed by atoms with Crippen molar-refractivity contribution in [1.82, 2.24) is 19.7 Å². The monoisotopic (exact) mass is 401 g/mol. The summed E-state index contributed by atoms with van der Waals surface area (Å²) in [7, 11) is 0. The normalized spacial score (nSPS) is 19.8. The van der Waals surface area contributed by atoms with Gasteiger partial charge in [0.05, 0.1) is 0 Å². The van der Waals surface area contributed by atoms with Crippen LogP contribution >= 0.6 is 0 Å². The number of aromatic nitrogens is 3. The number of fused-ring (bicyclic) bond motifs is 2. The number of anilines is 1. The first-order valence-electron chi connectivity index (χ1n) is 10.2. The van der Waals surface area contributed by atoms with Crippen molar-refractivity contribution in [2.45, 2.75) is 19.9 Å². The number of carbonyl (C=O) groups excluding carboxylic acids is 2. The van der Waals surface area contributed by atoms with Gasteiger partial charge in [0.15, 0.2) is 0 Å². The van der Waals surface area contributed by atoms with Crippen molar-refractivity contribution < 1.29 is 9.59 Å². The van der Waals surface area contributed by atoms with Gasteiger partial charge in [-0.05, 0) is 42.5 Å². The number of nitrogens with zero attached hydrogens (tertiary/aromatic N) is 4. The van der Waals surface area contributed by atoms with Gasteiger partial charge in [-0.15, -0.1) is 10.2 Å². The van der Waals surface area contributed by atoms with Gasteiger partial charge in [0, 0.05) is 37.3 Å². The van der Waals surface area contributed by atoms with Crippen molar-refractivity contribution in [2.24, 2.45) is 11.8 Å². The SMILES string of the molecule is Cc1ccccc1C(=O)N1C[C@@H]2Cn3c(nnc3C(=O)Nc3ccccc3)C[C@H]2C1. The molecule has 7 nitrogen and oxygen atoms in total. The van der Waals surface area contributed by atoms with Crippen LogP contribution in [0.5, 0.6) is 0 Å². The van der Waals surface area contributed by atoms with Crippen molar-refractivity contribution in [2.75, 3.05) is 18.4 Å². The van der Waals surface area contributed by atoms with Gasteiger partial charge in [0.1, 0.15) is 5.82 Å². The minimum Gasteiger partial charge on any atom is -0.338 e. The Hall–Kier alpha value is -3.48. The van der Waals surface area contributed by atoms with Crippen molar-refractivity contribution in [3.05, 3.63) is 77.4 Å². The maximum Gasteiger partial charge on any atom is 0.293 e. The van der Waals surface area contributed by atoms with Crippen LogP contribution in [-0.4, -0.2) is 44.6 Å². The maximum absolute atomic E-state index is 13.0. The molecule has 7 heteroatoms. The molecule has 0 spiro atoms. The minimum absolute atomic E-state index is 0.0836. The Balaban J connectivity index is 1.32. The van der Waals surface area contributed by atoms with Crippen molar-refractivity contribution in [3.8, 4) is 0 Å². The van der Waals surface area contributed by atoms with Crippen LogP contribution in [0.15, 0.2) is 54.6 Å². The molecule has 3 heterocycles. The molecule has 3 aromatic rings. The number of hydrogen-bond acceptors (Lipinski definition) is 4. The van der Waals surface area contributed by atoms with Gasteiger partial charge in [-0.3, -0.25) is 9.59 Å². The zero-order valence-electron chi connectivity index (χ0n) is 16.8. The van der Waals surface area contributed by atoms with Crippen LogP contribution in [0.3, 0.4) is 0 Å². The number of rotatable bonds is 3. The standard InChI is InChI=1S/C23H23N5O2/c1-15-7-5-6-10-19(15)23(30)27-12-16-11-20-25-26-21(28(20)14-17(16)13-27)22(29)24-18-8-3-2-4-9-18/h2-10,16-17H,11-14H2,1H3,(H,24,29)/t16-,17+/m0/s1. The maximum atomic E-state index is 13.0. The lowest BCUT2D eigenvalue weighted by Crippen LogP contribution is -2.31. The average Bonchev–Trinajstić information content (AvgIpc) is 3.36. The third kappa shape index (κ3) is 3.26. The fourth-order valence-electron chi connectivity index (χ4n) is 4.55. The Bertz CT molecular complexity index is 1110. The number of benzene rings is 2. The van der Waals surface area contributed by atoms with Crippen LogP contribution in [0.2, 0.25) is 0 Å². The Morgan fingerprint density at radius 2 is 1.67 bits per heavy atom. The average molecular weight is 401 g/mol. The second kappa shape index (κ2) is 7.40. The fourth-order valence-corrected chi connectivity index (χ4v) is 4.55. The first-order chi connectivity index (χ1) is 14.6. The van der Waals surface area contributed by atoms with E-state index in [1.807, 2.05) is 71.0 Å². The summed E-state index contributed by atoms with van der Waals surface area (Å²) in [5.41, 5.74) is 2.48. The van der Waals surface area contributed by atoms with Gasteiger partial charge in [0.2, 0.25) is 5.82 Å². The second-order valence-electron chi connectivity index (χ2n) is 8.12. The molecule has 2 aromatic carbocycles. The first-order valence-corrected chi connectivity index (χ1v) is 10.2. The Labute approximate surface area is 174 Å². The molecule has 1 aromatic heterocycles. The fraction of sp³-hybridized carbons (Fsp3) is 0.304. The van der Waals surface area contributed by atoms with Crippen molar-refractivity contribution >= 4 is 17.5 Å². The summed E-state index contributed by atoms with van der Waals surface area (Å²) in [5, 5.41) is 11.3. The van der Waals surface area contributed by atoms with E-state index in [1.54, 1.807) is 0 Å². The van der Waals surface area contributed by atoms with Gasteiger partial charge in [-0.25, -0.2) is 0 Å². The quantitative estimate of drug-likeness (QED) is 0.732. The van der Waals surface area contributed by atoms with Crippen molar-refractivity contribution in [3.63, 3.8) is 0 Å². The summed E-state index contributed by atoms with van der Waals surface area (Å²) in [4.78, 5) is 27.7. The Morgan fingerprint density at radius 1 is 0.933 bits per heavy atom. The molecule has 0 saturated carbocycles. The molecule has 5 rings (SSSR count). The molecular formula is C23H23N5O2. The highest BCUT2D eigenvalue weighted by atomic mass is 16.2. The zero-order chi connectivity index (χ0) is 20.7. The summed E-state index contributed by atoms with van der Waals surface area (Å²) in [6.45, 7) is 4.03. The van der Waals surface area contributed by atoms with E-state index in [1.165, 1.54) is 0 Å². The smallest absolute Gasteiger partial charge is 0.293 e. The number of aryl methyl sites for hydroxylation is 1. The number of amides is 2. The molecule has 2 aliphatic heterocycles. The third-order valence-corrected chi connectivity index (χ3v) is 6.16. The molecule has 2 aliphatic rings. The number of hydrogen-bond donors (Lipinski definition) is 1. The molecule has 1 saturated heterocycles. The van der Waals surface area contributed by atoms with Gasteiger partial charge < -0.3 is 14.8 Å². The van der Waals surface area contributed by atoms with E-state index in [-0.39, 0.29) is 11.8 Å². The predicted molar refractivity (Wildman–Crippen MR) is 112 cm³/mol.